The number of hydrogen-bond donors (Lipinski definition) is 1. The maximum atomic E-state index is 5.50. The molecule has 0 radical (unpaired) electrons. The Morgan fingerprint density at radius 1 is 1.40 bits per heavy atom. The second-order valence-electron chi connectivity index (χ2n) is 4.59. The molecule has 0 bridgehead atoms. The van der Waals surface area contributed by atoms with Gasteiger partial charge in [-0.25, -0.2) is 9.97 Å². The molecule has 0 spiro atoms. The van der Waals surface area contributed by atoms with Crippen molar-refractivity contribution in [1.82, 2.24) is 9.97 Å². The Labute approximate surface area is 90.1 Å². The molecule has 1 fully saturated rings. The number of hydrogen-bond acceptors (Lipinski definition) is 4. The minimum absolute atomic E-state index is 0.143. The lowest BCUT2D eigenvalue weighted by molar-refractivity contribution is 0.232. The highest BCUT2D eigenvalue weighted by molar-refractivity contribution is 5.41. The zero-order valence-corrected chi connectivity index (χ0v) is 9.45. The smallest absolute Gasteiger partial charge is 0.218 e. The molecule has 0 saturated heterocycles. The fourth-order valence-corrected chi connectivity index (χ4v) is 1.34. The Morgan fingerprint density at radius 2 is 2.13 bits per heavy atom. The van der Waals surface area contributed by atoms with E-state index >= 15 is 0 Å². The fourth-order valence-electron chi connectivity index (χ4n) is 1.34. The topological polar surface area (TPSA) is 47.0 Å². The first-order chi connectivity index (χ1) is 7.07. The summed E-state index contributed by atoms with van der Waals surface area (Å²) < 4.78 is 5.50. The Balaban J connectivity index is 2.05. The Kier molecular flexibility index (Phi) is 2.50. The van der Waals surface area contributed by atoms with Gasteiger partial charge in [-0.05, 0) is 33.6 Å². The molecule has 0 atom stereocenters. The van der Waals surface area contributed by atoms with Gasteiger partial charge in [0.15, 0.2) is 0 Å². The summed E-state index contributed by atoms with van der Waals surface area (Å²) in [5.41, 5.74) is 0.240. The molecule has 1 aliphatic carbocycles. The van der Waals surface area contributed by atoms with Crippen LogP contribution >= 0.6 is 0 Å². The molecule has 4 heteroatoms. The lowest BCUT2D eigenvalue weighted by Crippen LogP contribution is -2.17. The standard InChI is InChI=1S/C11H17N3O/c1-8(2)15-10-6-9(12-7-13-10)14-11(3)4-5-11/h6-8H,4-5H2,1-3H3,(H,12,13,14). The van der Waals surface area contributed by atoms with E-state index in [9.17, 15) is 0 Å². The second-order valence-corrected chi connectivity index (χ2v) is 4.59. The van der Waals surface area contributed by atoms with E-state index in [4.69, 9.17) is 4.74 Å². The van der Waals surface area contributed by atoms with Crippen LogP contribution in [0.5, 0.6) is 5.88 Å². The average Bonchev–Trinajstić information content (AvgIpc) is 2.82. The van der Waals surface area contributed by atoms with E-state index < -0.39 is 0 Å². The molecule has 4 nitrogen and oxygen atoms in total. The maximum Gasteiger partial charge on any atom is 0.218 e. The molecule has 0 aromatic carbocycles. The van der Waals surface area contributed by atoms with Crippen LogP contribution < -0.4 is 10.1 Å². The van der Waals surface area contributed by atoms with Crippen molar-refractivity contribution in [2.45, 2.75) is 45.3 Å². The normalized spacial score (nSPS) is 17.6. The summed E-state index contributed by atoms with van der Waals surface area (Å²) in [6.07, 6.45) is 4.09. The van der Waals surface area contributed by atoms with Crippen LogP contribution in [-0.4, -0.2) is 21.6 Å². The highest BCUT2D eigenvalue weighted by atomic mass is 16.5. The van der Waals surface area contributed by atoms with Crippen molar-refractivity contribution in [1.29, 1.82) is 0 Å². The summed E-state index contributed by atoms with van der Waals surface area (Å²) >= 11 is 0. The van der Waals surface area contributed by atoms with Gasteiger partial charge in [-0.15, -0.1) is 0 Å². The van der Waals surface area contributed by atoms with Crippen molar-refractivity contribution in [3.63, 3.8) is 0 Å². The monoisotopic (exact) mass is 207 g/mol. The fraction of sp³-hybridized carbons (Fsp3) is 0.636. The second kappa shape index (κ2) is 3.68. The molecule has 0 aliphatic heterocycles. The number of rotatable bonds is 4. The molecule has 2 rings (SSSR count). The molecule has 1 aromatic heterocycles. The third kappa shape index (κ3) is 2.81. The quantitative estimate of drug-likeness (QED) is 0.822. The molecule has 1 N–H and O–H groups in total. The molecule has 0 unspecified atom stereocenters. The Hall–Kier alpha value is -1.32. The van der Waals surface area contributed by atoms with Crippen molar-refractivity contribution in [2.24, 2.45) is 0 Å². The molecule has 82 valence electrons. The van der Waals surface area contributed by atoms with Gasteiger partial charge in [-0.2, -0.15) is 0 Å². The van der Waals surface area contributed by atoms with E-state index in [2.05, 4.69) is 22.2 Å². The number of anilines is 1. The minimum Gasteiger partial charge on any atom is -0.475 e. The van der Waals surface area contributed by atoms with Crippen LogP contribution in [0.3, 0.4) is 0 Å². The van der Waals surface area contributed by atoms with E-state index in [-0.39, 0.29) is 11.6 Å². The summed E-state index contributed by atoms with van der Waals surface area (Å²) in [6, 6.07) is 1.85. The van der Waals surface area contributed by atoms with Crippen LogP contribution in [0.1, 0.15) is 33.6 Å². The van der Waals surface area contributed by atoms with Crippen molar-refractivity contribution < 1.29 is 4.74 Å². The summed E-state index contributed by atoms with van der Waals surface area (Å²) in [4.78, 5) is 8.23. The number of ether oxygens (including phenoxy) is 1. The van der Waals surface area contributed by atoms with Crippen molar-refractivity contribution >= 4 is 5.82 Å². The van der Waals surface area contributed by atoms with Crippen LogP contribution in [0.2, 0.25) is 0 Å². The van der Waals surface area contributed by atoms with Crippen LogP contribution in [0, 0.1) is 0 Å². The summed E-state index contributed by atoms with van der Waals surface area (Å²) in [7, 11) is 0. The average molecular weight is 207 g/mol. The van der Waals surface area contributed by atoms with Gasteiger partial charge in [0.05, 0.1) is 6.10 Å². The summed E-state index contributed by atoms with van der Waals surface area (Å²) in [5, 5.41) is 3.37. The highest BCUT2D eigenvalue weighted by Gasteiger charge is 2.37. The molecule has 15 heavy (non-hydrogen) atoms. The van der Waals surface area contributed by atoms with Gasteiger partial charge < -0.3 is 10.1 Å². The van der Waals surface area contributed by atoms with Crippen molar-refractivity contribution in [3.05, 3.63) is 12.4 Å². The van der Waals surface area contributed by atoms with Gasteiger partial charge in [-0.3, -0.25) is 0 Å². The lowest BCUT2D eigenvalue weighted by atomic mass is 10.3. The molecule has 0 amide bonds. The summed E-state index contributed by atoms with van der Waals surface area (Å²) in [6.45, 7) is 6.16. The minimum atomic E-state index is 0.143. The predicted molar refractivity (Wildman–Crippen MR) is 59.1 cm³/mol. The van der Waals surface area contributed by atoms with Crippen molar-refractivity contribution in [3.8, 4) is 5.88 Å². The third-order valence-electron chi connectivity index (χ3n) is 2.43. The first-order valence-corrected chi connectivity index (χ1v) is 5.34. The third-order valence-corrected chi connectivity index (χ3v) is 2.43. The first-order valence-electron chi connectivity index (χ1n) is 5.34. The SMILES string of the molecule is CC(C)Oc1cc(NC2(C)CC2)ncn1. The lowest BCUT2D eigenvalue weighted by Gasteiger charge is -2.13. The van der Waals surface area contributed by atoms with Crippen molar-refractivity contribution in [2.75, 3.05) is 5.32 Å². The largest absolute Gasteiger partial charge is 0.475 e. The molecule has 1 saturated carbocycles. The van der Waals surface area contributed by atoms with Gasteiger partial charge in [0.25, 0.3) is 0 Å². The molecule has 1 heterocycles. The van der Waals surface area contributed by atoms with Crippen LogP contribution in [0.25, 0.3) is 0 Å². The molecule has 1 aliphatic rings. The van der Waals surface area contributed by atoms with E-state index in [1.807, 2.05) is 19.9 Å². The highest BCUT2D eigenvalue weighted by Crippen LogP contribution is 2.37. The maximum absolute atomic E-state index is 5.50. The van der Waals surface area contributed by atoms with Gasteiger partial charge in [0, 0.05) is 11.6 Å². The van der Waals surface area contributed by atoms with E-state index in [0.717, 1.165) is 5.82 Å². The van der Waals surface area contributed by atoms with Crippen LogP contribution in [0.4, 0.5) is 5.82 Å². The van der Waals surface area contributed by atoms with Crippen LogP contribution in [-0.2, 0) is 0 Å². The molecular weight excluding hydrogens is 190 g/mol. The number of nitrogens with zero attached hydrogens (tertiary/aromatic N) is 2. The first kappa shape index (κ1) is 10.2. The van der Waals surface area contributed by atoms with Gasteiger partial charge >= 0.3 is 0 Å². The molecule has 1 aromatic rings. The molecular formula is C11H17N3O. The van der Waals surface area contributed by atoms with Gasteiger partial charge in [0.2, 0.25) is 5.88 Å². The van der Waals surface area contributed by atoms with Gasteiger partial charge in [0.1, 0.15) is 12.1 Å². The number of nitrogens with one attached hydrogen (secondary N) is 1. The van der Waals surface area contributed by atoms with E-state index in [0.29, 0.717) is 5.88 Å². The summed E-state index contributed by atoms with van der Waals surface area (Å²) in [5.74, 6) is 1.48. The Morgan fingerprint density at radius 3 is 2.73 bits per heavy atom. The zero-order chi connectivity index (χ0) is 10.9. The zero-order valence-electron chi connectivity index (χ0n) is 9.45. The van der Waals surface area contributed by atoms with E-state index in [1.165, 1.54) is 19.2 Å². The van der Waals surface area contributed by atoms with Gasteiger partial charge in [-0.1, -0.05) is 0 Å². The predicted octanol–water partition coefficient (Wildman–Crippen LogP) is 2.23. The van der Waals surface area contributed by atoms with Crippen LogP contribution in [0.15, 0.2) is 12.4 Å². The number of aromatic nitrogens is 2. The Bertz CT molecular complexity index is 347. The van der Waals surface area contributed by atoms with E-state index in [1.54, 1.807) is 0 Å².